The number of aryl methyl sites for hydroxylation is 1. The average molecular weight is 399 g/mol. The molecule has 5 rings (SSSR count). The number of benzene rings is 3. The number of carbonyl (C=O) groups excluding carboxylic acids is 1. The lowest BCUT2D eigenvalue weighted by Gasteiger charge is -2.41. The number of amides is 2. The molecule has 2 N–H and O–H groups in total. The molecule has 5 nitrogen and oxygen atoms in total. The fourth-order valence-electron chi connectivity index (χ4n) is 4.20. The molecule has 2 aliphatic rings. The number of fused-ring (bicyclic) bond motifs is 1. The van der Waals surface area contributed by atoms with Crippen LogP contribution in [0.4, 0.5) is 10.5 Å². The van der Waals surface area contributed by atoms with Gasteiger partial charge in [-0.1, -0.05) is 42.5 Å². The van der Waals surface area contributed by atoms with Gasteiger partial charge >= 0.3 is 6.03 Å². The minimum atomic E-state index is -0.0587. The molecule has 1 aliphatic carbocycles. The molecule has 2 amide bonds. The van der Waals surface area contributed by atoms with Gasteiger partial charge in [-0.05, 0) is 60.4 Å². The molecule has 1 unspecified atom stereocenters. The second-order valence-electron chi connectivity index (χ2n) is 7.93. The van der Waals surface area contributed by atoms with Crippen LogP contribution in [0.3, 0.4) is 0 Å². The molecule has 3 aromatic carbocycles. The van der Waals surface area contributed by atoms with Gasteiger partial charge in [0.25, 0.3) is 0 Å². The topological polar surface area (TPSA) is 53.6 Å². The van der Waals surface area contributed by atoms with Crippen molar-refractivity contribution >= 4 is 11.7 Å². The second-order valence-corrected chi connectivity index (χ2v) is 7.93. The summed E-state index contributed by atoms with van der Waals surface area (Å²) in [5.74, 6) is 1.53. The maximum absolute atomic E-state index is 12.5. The highest BCUT2D eigenvalue weighted by Gasteiger charge is 2.33. The Balaban J connectivity index is 1.10. The van der Waals surface area contributed by atoms with Gasteiger partial charge in [-0.15, -0.1) is 0 Å². The summed E-state index contributed by atoms with van der Waals surface area (Å²) in [6, 6.07) is 26.4. The normalized spacial score (nSPS) is 17.9. The van der Waals surface area contributed by atoms with E-state index in [-0.39, 0.29) is 6.03 Å². The zero-order valence-electron chi connectivity index (χ0n) is 16.8. The Morgan fingerprint density at radius 1 is 0.867 bits per heavy atom. The minimum Gasteiger partial charge on any atom is -0.457 e. The SMILES string of the molecule is O=C(Nc1ccc(Oc2ccccc2)cc1)N1CC(NC2CCc3ccccc32)C1. The van der Waals surface area contributed by atoms with E-state index in [9.17, 15) is 4.79 Å². The molecule has 5 heteroatoms. The van der Waals surface area contributed by atoms with E-state index in [1.807, 2.05) is 59.5 Å². The summed E-state index contributed by atoms with van der Waals surface area (Å²) in [6.07, 6.45) is 2.27. The van der Waals surface area contributed by atoms with E-state index in [1.165, 1.54) is 11.1 Å². The first-order valence-corrected chi connectivity index (χ1v) is 10.5. The number of rotatable bonds is 5. The van der Waals surface area contributed by atoms with Crippen molar-refractivity contribution in [3.05, 3.63) is 90.0 Å². The van der Waals surface area contributed by atoms with Crippen molar-refractivity contribution < 1.29 is 9.53 Å². The van der Waals surface area contributed by atoms with Gasteiger partial charge in [0, 0.05) is 30.9 Å². The first kappa shape index (κ1) is 18.7. The Labute approximate surface area is 176 Å². The largest absolute Gasteiger partial charge is 0.457 e. The van der Waals surface area contributed by atoms with Gasteiger partial charge in [-0.25, -0.2) is 4.79 Å². The van der Waals surface area contributed by atoms with Crippen LogP contribution in [0.2, 0.25) is 0 Å². The zero-order valence-corrected chi connectivity index (χ0v) is 16.8. The van der Waals surface area contributed by atoms with Crippen LogP contribution in [0.25, 0.3) is 0 Å². The van der Waals surface area contributed by atoms with Gasteiger partial charge in [0.2, 0.25) is 0 Å². The standard InChI is InChI=1S/C25H25N3O2/c29-25(27-19-11-13-22(14-12-19)30-21-7-2-1-3-8-21)28-16-20(17-28)26-24-15-10-18-6-4-5-9-23(18)24/h1-9,11-14,20,24,26H,10,15-17H2,(H,27,29). The summed E-state index contributed by atoms with van der Waals surface area (Å²) in [6.45, 7) is 1.47. The van der Waals surface area contributed by atoms with Gasteiger partial charge in [-0.2, -0.15) is 0 Å². The van der Waals surface area contributed by atoms with Gasteiger partial charge in [-0.3, -0.25) is 0 Å². The highest BCUT2D eigenvalue weighted by atomic mass is 16.5. The molecule has 1 atom stereocenters. The van der Waals surface area contributed by atoms with Crippen molar-refractivity contribution in [2.75, 3.05) is 18.4 Å². The molecule has 0 aromatic heterocycles. The Hall–Kier alpha value is -3.31. The van der Waals surface area contributed by atoms with Crippen LogP contribution in [0.1, 0.15) is 23.6 Å². The summed E-state index contributed by atoms with van der Waals surface area (Å²) in [5.41, 5.74) is 3.63. The number of carbonyl (C=O) groups is 1. The van der Waals surface area contributed by atoms with Gasteiger partial charge in [0.05, 0.1) is 0 Å². The molecular weight excluding hydrogens is 374 g/mol. The van der Waals surface area contributed by atoms with E-state index in [0.717, 1.165) is 43.1 Å². The van der Waals surface area contributed by atoms with E-state index in [4.69, 9.17) is 4.74 Å². The molecule has 30 heavy (non-hydrogen) atoms. The molecule has 152 valence electrons. The molecule has 0 bridgehead atoms. The van der Waals surface area contributed by atoms with Crippen LogP contribution >= 0.6 is 0 Å². The van der Waals surface area contributed by atoms with Crippen LogP contribution in [-0.2, 0) is 6.42 Å². The smallest absolute Gasteiger partial charge is 0.321 e. The van der Waals surface area contributed by atoms with E-state index in [1.54, 1.807) is 0 Å². The molecular formula is C25H25N3O2. The summed E-state index contributed by atoms with van der Waals surface area (Å²) in [7, 11) is 0. The Morgan fingerprint density at radius 2 is 1.57 bits per heavy atom. The number of urea groups is 1. The van der Waals surface area contributed by atoms with E-state index in [0.29, 0.717) is 12.1 Å². The number of para-hydroxylation sites is 1. The van der Waals surface area contributed by atoms with Crippen LogP contribution in [0.5, 0.6) is 11.5 Å². The van der Waals surface area contributed by atoms with Crippen molar-refractivity contribution in [3.8, 4) is 11.5 Å². The molecule has 0 radical (unpaired) electrons. The fraction of sp³-hybridized carbons (Fsp3) is 0.240. The van der Waals surface area contributed by atoms with Crippen LogP contribution in [0, 0.1) is 0 Å². The van der Waals surface area contributed by atoms with Crippen LogP contribution in [0.15, 0.2) is 78.9 Å². The summed E-state index contributed by atoms with van der Waals surface area (Å²) in [4.78, 5) is 14.3. The number of likely N-dealkylation sites (tertiary alicyclic amines) is 1. The van der Waals surface area contributed by atoms with Gasteiger partial charge < -0.3 is 20.3 Å². The number of hydrogen-bond acceptors (Lipinski definition) is 3. The third-order valence-corrected chi connectivity index (χ3v) is 5.82. The van der Waals surface area contributed by atoms with Crippen LogP contribution < -0.4 is 15.4 Å². The van der Waals surface area contributed by atoms with Gasteiger partial charge in [0.15, 0.2) is 0 Å². The number of ether oxygens (including phenoxy) is 1. The molecule has 0 spiro atoms. The molecule has 1 saturated heterocycles. The van der Waals surface area contributed by atoms with Crippen molar-refractivity contribution in [1.29, 1.82) is 0 Å². The molecule has 1 fully saturated rings. The third-order valence-electron chi connectivity index (χ3n) is 5.82. The summed E-state index contributed by atoms with van der Waals surface area (Å²) >= 11 is 0. The van der Waals surface area contributed by atoms with Crippen molar-refractivity contribution in [2.45, 2.75) is 24.9 Å². The predicted octanol–water partition coefficient (Wildman–Crippen LogP) is 4.97. The second kappa shape index (κ2) is 8.20. The highest BCUT2D eigenvalue weighted by molar-refractivity contribution is 5.90. The van der Waals surface area contributed by atoms with Crippen molar-refractivity contribution in [2.24, 2.45) is 0 Å². The lowest BCUT2D eigenvalue weighted by molar-refractivity contribution is 0.142. The number of nitrogens with one attached hydrogen (secondary N) is 2. The van der Waals surface area contributed by atoms with E-state index >= 15 is 0 Å². The first-order chi connectivity index (χ1) is 14.7. The number of nitrogens with zero attached hydrogens (tertiary/aromatic N) is 1. The monoisotopic (exact) mass is 399 g/mol. The molecule has 1 heterocycles. The maximum Gasteiger partial charge on any atom is 0.321 e. The summed E-state index contributed by atoms with van der Waals surface area (Å²) in [5, 5.41) is 6.68. The lowest BCUT2D eigenvalue weighted by Crippen LogP contribution is -2.61. The lowest BCUT2D eigenvalue weighted by atomic mass is 10.0. The maximum atomic E-state index is 12.5. The molecule has 1 aliphatic heterocycles. The van der Waals surface area contributed by atoms with Gasteiger partial charge in [0.1, 0.15) is 11.5 Å². The van der Waals surface area contributed by atoms with Crippen molar-refractivity contribution in [3.63, 3.8) is 0 Å². The molecule has 3 aromatic rings. The Bertz CT molecular complexity index is 1010. The molecule has 0 saturated carbocycles. The third kappa shape index (κ3) is 4.02. The predicted molar refractivity (Wildman–Crippen MR) is 118 cm³/mol. The van der Waals surface area contributed by atoms with E-state index < -0.39 is 0 Å². The van der Waals surface area contributed by atoms with Crippen LogP contribution in [-0.4, -0.2) is 30.1 Å². The quantitative estimate of drug-likeness (QED) is 0.637. The average Bonchev–Trinajstić information content (AvgIpc) is 3.15. The van der Waals surface area contributed by atoms with Crippen molar-refractivity contribution in [1.82, 2.24) is 10.2 Å². The number of hydrogen-bond donors (Lipinski definition) is 2. The minimum absolute atomic E-state index is 0.0587. The summed E-state index contributed by atoms with van der Waals surface area (Å²) < 4.78 is 5.79. The Kier molecular flexibility index (Phi) is 5.11. The fourth-order valence-corrected chi connectivity index (χ4v) is 4.20. The Morgan fingerprint density at radius 3 is 2.37 bits per heavy atom. The zero-order chi connectivity index (χ0) is 20.3. The van der Waals surface area contributed by atoms with E-state index in [2.05, 4.69) is 34.9 Å². The highest BCUT2D eigenvalue weighted by Crippen LogP contribution is 2.32. The number of anilines is 1. The first-order valence-electron chi connectivity index (χ1n) is 10.5.